The quantitative estimate of drug-likeness (QED) is 0.725. The van der Waals surface area contributed by atoms with Gasteiger partial charge in [0.1, 0.15) is 6.54 Å². The molecule has 0 aliphatic carbocycles. The van der Waals surface area contributed by atoms with Crippen molar-refractivity contribution in [3.63, 3.8) is 0 Å². The highest BCUT2D eigenvalue weighted by atomic mass is 32.2. The number of nitrogens with one attached hydrogen (secondary N) is 1. The van der Waals surface area contributed by atoms with Gasteiger partial charge in [-0.25, -0.2) is 17.2 Å². The number of sulfonamides is 1. The Morgan fingerprint density at radius 3 is 2.56 bits per heavy atom. The number of carbonyl (C=O) groups is 1. The minimum absolute atomic E-state index is 0.150. The van der Waals surface area contributed by atoms with Crippen LogP contribution in [0.4, 0.5) is 20.2 Å². The Morgan fingerprint density at radius 2 is 1.85 bits per heavy atom. The summed E-state index contributed by atoms with van der Waals surface area (Å²) in [4.78, 5) is 16.6. The predicted octanol–water partition coefficient (Wildman–Crippen LogP) is 2.92. The number of nitrogens with zero attached hydrogens (tertiary/aromatic N) is 2. The van der Waals surface area contributed by atoms with Crippen LogP contribution in [0.1, 0.15) is 0 Å². The van der Waals surface area contributed by atoms with E-state index in [1.54, 1.807) is 24.4 Å². The maximum atomic E-state index is 13.5. The van der Waals surface area contributed by atoms with Crippen molar-refractivity contribution in [3.8, 4) is 0 Å². The number of hydrogen-bond donors (Lipinski definition) is 1. The minimum Gasteiger partial charge on any atom is -0.323 e. The summed E-state index contributed by atoms with van der Waals surface area (Å²) in [5.41, 5.74) is 0.812. The number of para-hydroxylation sites is 1. The van der Waals surface area contributed by atoms with Gasteiger partial charge in [-0.2, -0.15) is 0 Å². The van der Waals surface area contributed by atoms with Gasteiger partial charge in [-0.05, 0) is 24.3 Å². The van der Waals surface area contributed by atoms with Gasteiger partial charge in [0, 0.05) is 17.6 Å². The Balaban J connectivity index is 1.88. The number of aromatic nitrogens is 1. The Kier molecular flexibility index (Phi) is 5.04. The van der Waals surface area contributed by atoms with Crippen molar-refractivity contribution in [2.75, 3.05) is 22.4 Å². The molecule has 0 saturated heterocycles. The molecule has 0 unspecified atom stereocenters. The molecule has 0 fully saturated rings. The Morgan fingerprint density at radius 1 is 1.11 bits per heavy atom. The van der Waals surface area contributed by atoms with Crippen molar-refractivity contribution in [2.45, 2.75) is 0 Å². The number of halogens is 2. The summed E-state index contributed by atoms with van der Waals surface area (Å²) < 4.78 is 51.4. The lowest BCUT2D eigenvalue weighted by Crippen LogP contribution is -2.37. The zero-order chi connectivity index (χ0) is 19.6. The first-order valence-corrected chi connectivity index (χ1v) is 9.67. The van der Waals surface area contributed by atoms with Crippen LogP contribution in [-0.4, -0.2) is 32.1 Å². The molecule has 0 atom stereocenters. The summed E-state index contributed by atoms with van der Waals surface area (Å²) in [6.07, 6.45) is 2.45. The van der Waals surface area contributed by atoms with Gasteiger partial charge in [0.25, 0.3) is 0 Å². The third-order valence-electron chi connectivity index (χ3n) is 3.79. The molecule has 0 radical (unpaired) electrons. The normalized spacial score (nSPS) is 11.4. The highest BCUT2D eigenvalue weighted by molar-refractivity contribution is 7.92. The van der Waals surface area contributed by atoms with Crippen LogP contribution in [0.2, 0.25) is 0 Å². The smallest absolute Gasteiger partial charge is 0.245 e. The van der Waals surface area contributed by atoms with Crippen molar-refractivity contribution in [1.29, 1.82) is 0 Å². The van der Waals surface area contributed by atoms with Crippen molar-refractivity contribution in [1.82, 2.24) is 4.98 Å². The van der Waals surface area contributed by atoms with Crippen LogP contribution >= 0.6 is 0 Å². The van der Waals surface area contributed by atoms with Crippen LogP contribution in [0.15, 0.2) is 54.7 Å². The number of amides is 1. The third-order valence-corrected chi connectivity index (χ3v) is 4.93. The van der Waals surface area contributed by atoms with Crippen molar-refractivity contribution in [3.05, 3.63) is 66.4 Å². The average molecular weight is 391 g/mol. The van der Waals surface area contributed by atoms with E-state index in [1.165, 1.54) is 0 Å². The predicted molar refractivity (Wildman–Crippen MR) is 98.9 cm³/mol. The molecular formula is C18H15F2N3O3S. The molecular weight excluding hydrogens is 376 g/mol. The number of anilines is 2. The van der Waals surface area contributed by atoms with Gasteiger partial charge in [0.05, 0.1) is 23.1 Å². The van der Waals surface area contributed by atoms with Crippen LogP contribution in [0, 0.1) is 11.6 Å². The second-order valence-electron chi connectivity index (χ2n) is 5.80. The van der Waals surface area contributed by atoms with E-state index in [0.29, 0.717) is 15.5 Å². The summed E-state index contributed by atoms with van der Waals surface area (Å²) in [5, 5.41) is 3.41. The first-order chi connectivity index (χ1) is 12.8. The Bertz CT molecular complexity index is 1110. The molecule has 1 aromatic heterocycles. The maximum Gasteiger partial charge on any atom is 0.245 e. The average Bonchev–Trinajstić information content (AvgIpc) is 2.61. The number of fused-ring (bicyclic) bond motifs is 1. The van der Waals surface area contributed by atoms with Gasteiger partial charge in [-0.15, -0.1) is 0 Å². The zero-order valence-corrected chi connectivity index (χ0v) is 15.0. The first kappa shape index (κ1) is 18.7. The van der Waals surface area contributed by atoms with Gasteiger partial charge in [0.15, 0.2) is 11.6 Å². The molecule has 0 saturated carbocycles. The van der Waals surface area contributed by atoms with Gasteiger partial charge >= 0.3 is 0 Å². The van der Waals surface area contributed by atoms with E-state index < -0.39 is 34.1 Å². The number of benzene rings is 2. The molecule has 9 heteroatoms. The van der Waals surface area contributed by atoms with Gasteiger partial charge in [-0.1, -0.05) is 18.2 Å². The van der Waals surface area contributed by atoms with E-state index in [2.05, 4.69) is 10.3 Å². The molecule has 2 aromatic carbocycles. The molecule has 0 aliphatic rings. The van der Waals surface area contributed by atoms with Crippen LogP contribution < -0.4 is 9.62 Å². The lowest BCUT2D eigenvalue weighted by molar-refractivity contribution is -0.114. The minimum atomic E-state index is -3.91. The molecule has 0 bridgehead atoms. The van der Waals surface area contributed by atoms with Crippen molar-refractivity contribution >= 4 is 38.2 Å². The SMILES string of the molecule is CS(=O)(=O)N(CC(=O)Nc1cccc2cccnc12)c1ccc(F)c(F)c1. The van der Waals surface area contributed by atoms with Crippen LogP contribution in [0.25, 0.3) is 10.9 Å². The largest absolute Gasteiger partial charge is 0.323 e. The van der Waals surface area contributed by atoms with Crippen molar-refractivity contribution < 1.29 is 22.0 Å². The first-order valence-electron chi connectivity index (χ1n) is 7.82. The summed E-state index contributed by atoms with van der Waals surface area (Å²) in [5.74, 6) is -2.97. The van der Waals surface area contributed by atoms with E-state index in [0.717, 1.165) is 29.8 Å². The van der Waals surface area contributed by atoms with E-state index in [1.807, 2.05) is 12.1 Å². The second-order valence-corrected chi connectivity index (χ2v) is 7.70. The van der Waals surface area contributed by atoms with E-state index in [4.69, 9.17) is 0 Å². The van der Waals surface area contributed by atoms with E-state index in [-0.39, 0.29) is 5.69 Å². The summed E-state index contributed by atoms with van der Waals surface area (Å²) in [6, 6.07) is 11.4. The maximum absolute atomic E-state index is 13.5. The van der Waals surface area contributed by atoms with Crippen LogP contribution in [0.3, 0.4) is 0 Å². The number of carbonyl (C=O) groups excluding carboxylic acids is 1. The van der Waals surface area contributed by atoms with Gasteiger partial charge in [-0.3, -0.25) is 14.1 Å². The zero-order valence-electron chi connectivity index (χ0n) is 14.2. The highest BCUT2D eigenvalue weighted by Crippen LogP contribution is 2.23. The molecule has 140 valence electrons. The second kappa shape index (κ2) is 7.28. The fraction of sp³-hybridized carbons (Fsp3) is 0.111. The third kappa shape index (κ3) is 4.20. The molecule has 1 amide bonds. The van der Waals surface area contributed by atoms with Crippen molar-refractivity contribution in [2.24, 2.45) is 0 Å². The molecule has 3 rings (SSSR count). The summed E-state index contributed by atoms with van der Waals surface area (Å²) in [7, 11) is -3.91. The summed E-state index contributed by atoms with van der Waals surface area (Å²) in [6.45, 7) is -0.604. The molecule has 1 N–H and O–H groups in total. The molecule has 0 spiro atoms. The highest BCUT2D eigenvalue weighted by Gasteiger charge is 2.22. The van der Waals surface area contributed by atoms with Gasteiger partial charge in [0.2, 0.25) is 15.9 Å². The molecule has 3 aromatic rings. The number of hydrogen-bond acceptors (Lipinski definition) is 4. The lowest BCUT2D eigenvalue weighted by Gasteiger charge is -2.22. The topological polar surface area (TPSA) is 79.4 Å². The molecule has 1 heterocycles. The van der Waals surface area contributed by atoms with Gasteiger partial charge < -0.3 is 5.32 Å². The number of rotatable bonds is 5. The number of pyridine rings is 1. The monoisotopic (exact) mass is 391 g/mol. The molecule has 6 nitrogen and oxygen atoms in total. The Hall–Kier alpha value is -3.07. The fourth-order valence-electron chi connectivity index (χ4n) is 2.57. The lowest BCUT2D eigenvalue weighted by atomic mass is 10.2. The fourth-order valence-corrected chi connectivity index (χ4v) is 3.41. The van der Waals surface area contributed by atoms with Crippen LogP contribution in [0.5, 0.6) is 0 Å². The molecule has 27 heavy (non-hydrogen) atoms. The van der Waals surface area contributed by atoms with E-state index >= 15 is 0 Å². The van der Waals surface area contributed by atoms with Crippen LogP contribution in [-0.2, 0) is 14.8 Å². The molecule has 0 aliphatic heterocycles. The summed E-state index contributed by atoms with van der Waals surface area (Å²) >= 11 is 0. The Labute approximate surface area is 154 Å². The standard InChI is InChI=1S/C18H15F2N3O3S/c1-27(25,26)23(13-7-8-14(19)15(20)10-13)11-17(24)22-16-6-2-4-12-5-3-9-21-18(12)16/h2-10H,11H2,1H3,(H,22,24). The van der Waals surface area contributed by atoms with E-state index in [9.17, 15) is 22.0 Å².